The molecular weight excluding hydrogens is 154 g/mol. The number of aromatic amines is 1. The first-order valence-electron chi connectivity index (χ1n) is 4.12. The summed E-state index contributed by atoms with van der Waals surface area (Å²) in [4.78, 5) is 17.5. The van der Waals surface area contributed by atoms with Gasteiger partial charge in [-0.3, -0.25) is 9.78 Å². The van der Waals surface area contributed by atoms with Gasteiger partial charge in [0.1, 0.15) is 0 Å². The van der Waals surface area contributed by atoms with Gasteiger partial charge in [0, 0.05) is 12.0 Å². The smallest absolute Gasteiger partial charge is 0.252 e. The van der Waals surface area contributed by atoms with Gasteiger partial charge in [-0.25, -0.2) is 4.98 Å². The van der Waals surface area contributed by atoms with Gasteiger partial charge in [-0.1, -0.05) is 6.42 Å². The fraction of sp³-hybridized carbons (Fsp3) is 0.500. The molecule has 12 heavy (non-hydrogen) atoms. The van der Waals surface area contributed by atoms with Crippen LogP contribution in [0.15, 0.2) is 10.9 Å². The molecule has 1 aliphatic carbocycles. The second kappa shape index (κ2) is 2.62. The SMILES string of the molecule is Nc1nc(C2CCC2)cc(=O)[nH]1. The van der Waals surface area contributed by atoms with Crippen molar-refractivity contribution in [2.24, 2.45) is 0 Å². The van der Waals surface area contributed by atoms with Crippen molar-refractivity contribution in [1.29, 1.82) is 0 Å². The van der Waals surface area contributed by atoms with Crippen LogP contribution in [0.25, 0.3) is 0 Å². The fourth-order valence-corrected chi connectivity index (χ4v) is 1.41. The summed E-state index contributed by atoms with van der Waals surface area (Å²) in [7, 11) is 0. The molecular formula is C8H11N3O. The Morgan fingerprint density at radius 2 is 2.33 bits per heavy atom. The monoisotopic (exact) mass is 165 g/mol. The van der Waals surface area contributed by atoms with E-state index in [4.69, 9.17) is 5.73 Å². The maximum atomic E-state index is 11.0. The summed E-state index contributed by atoms with van der Waals surface area (Å²) >= 11 is 0. The van der Waals surface area contributed by atoms with Gasteiger partial charge in [0.25, 0.3) is 5.56 Å². The Balaban J connectivity index is 2.36. The number of anilines is 1. The Labute approximate surface area is 69.8 Å². The number of nitrogens with one attached hydrogen (secondary N) is 1. The molecule has 2 rings (SSSR count). The van der Waals surface area contributed by atoms with Crippen LogP contribution in [0.2, 0.25) is 0 Å². The first-order valence-corrected chi connectivity index (χ1v) is 4.12. The number of rotatable bonds is 1. The highest BCUT2D eigenvalue weighted by Gasteiger charge is 2.21. The lowest BCUT2D eigenvalue weighted by Crippen LogP contribution is -2.17. The molecule has 1 aromatic rings. The summed E-state index contributed by atoms with van der Waals surface area (Å²) in [5.74, 6) is 0.694. The minimum Gasteiger partial charge on any atom is -0.369 e. The second-order valence-electron chi connectivity index (χ2n) is 3.18. The van der Waals surface area contributed by atoms with Crippen LogP contribution in [0.4, 0.5) is 5.95 Å². The minimum absolute atomic E-state index is 0.149. The largest absolute Gasteiger partial charge is 0.369 e. The van der Waals surface area contributed by atoms with E-state index in [9.17, 15) is 4.79 Å². The molecule has 0 bridgehead atoms. The molecule has 1 fully saturated rings. The number of nitrogens with zero attached hydrogens (tertiary/aromatic N) is 1. The standard InChI is InChI=1S/C8H11N3O/c9-8-10-6(4-7(12)11-8)5-2-1-3-5/h4-5H,1-3H2,(H3,9,10,11,12). The average Bonchev–Trinajstić information content (AvgIpc) is 1.79. The van der Waals surface area contributed by atoms with Crippen LogP contribution in [0.3, 0.4) is 0 Å². The highest BCUT2D eigenvalue weighted by atomic mass is 16.1. The quantitative estimate of drug-likeness (QED) is 0.640. The van der Waals surface area contributed by atoms with Gasteiger partial charge >= 0.3 is 0 Å². The Morgan fingerprint density at radius 1 is 1.58 bits per heavy atom. The lowest BCUT2D eigenvalue weighted by atomic mass is 9.83. The van der Waals surface area contributed by atoms with E-state index in [2.05, 4.69) is 9.97 Å². The summed E-state index contributed by atoms with van der Waals surface area (Å²) in [6.07, 6.45) is 3.50. The number of hydrogen-bond acceptors (Lipinski definition) is 3. The molecule has 0 radical (unpaired) electrons. The zero-order chi connectivity index (χ0) is 8.55. The van der Waals surface area contributed by atoms with E-state index in [0.29, 0.717) is 5.92 Å². The fourth-order valence-electron chi connectivity index (χ4n) is 1.41. The molecule has 0 aliphatic heterocycles. The second-order valence-corrected chi connectivity index (χ2v) is 3.18. The van der Waals surface area contributed by atoms with Crippen molar-refractivity contribution in [3.63, 3.8) is 0 Å². The minimum atomic E-state index is -0.149. The Hall–Kier alpha value is -1.32. The molecule has 0 saturated heterocycles. The third-order valence-corrected chi connectivity index (χ3v) is 2.30. The Kier molecular flexibility index (Phi) is 1.60. The summed E-state index contributed by atoms with van der Waals surface area (Å²) in [6.45, 7) is 0. The topological polar surface area (TPSA) is 71.8 Å². The van der Waals surface area contributed by atoms with Crippen molar-refractivity contribution < 1.29 is 0 Å². The van der Waals surface area contributed by atoms with Crippen LogP contribution in [0.5, 0.6) is 0 Å². The molecule has 3 N–H and O–H groups in total. The van der Waals surface area contributed by atoms with Gasteiger partial charge in [-0.15, -0.1) is 0 Å². The maximum absolute atomic E-state index is 11.0. The number of hydrogen-bond donors (Lipinski definition) is 2. The van der Waals surface area contributed by atoms with Crippen LogP contribution < -0.4 is 11.3 Å². The van der Waals surface area contributed by atoms with Crippen molar-refractivity contribution in [3.8, 4) is 0 Å². The number of H-pyrrole nitrogens is 1. The first kappa shape index (κ1) is 7.34. The highest BCUT2D eigenvalue weighted by molar-refractivity contribution is 5.20. The molecule has 0 spiro atoms. The van der Waals surface area contributed by atoms with Crippen LogP contribution >= 0.6 is 0 Å². The lowest BCUT2D eigenvalue weighted by molar-refractivity contribution is 0.410. The lowest BCUT2D eigenvalue weighted by Gasteiger charge is -2.24. The average molecular weight is 165 g/mol. The number of nitrogen functional groups attached to an aromatic ring is 1. The third kappa shape index (κ3) is 1.20. The van der Waals surface area contributed by atoms with E-state index < -0.39 is 0 Å². The van der Waals surface area contributed by atoms with Gasteiger partial charge < -0.3 is 5.73 Å². The van der Waals surface area contributed by atoms with Gasteiger partial charge in [0.15, 0.2) is 0 Å². The Morgan fingerprint density at radius 3 is 2.83 bits per heavy atom. The summed E-state index contributed by atoms with van der Waals surface area (Å²) in [6, 6.07) is 1.54. The highest BCUT2D eigenvalue weighted by Crippen LogP contribution is 2.34. The molecule has 1 aliphatic rings. The van der Waals surface area contributed by atoms with E-state index >= 15 is 0 Å². The van der Waals surface area contributed by atoms with Gasteiger partial charge in [-0.05, 0) is 12.8 Å². The van der Waals surface area contributed by atoms with Crippen molar-refractivity contribution >= 4 is 5.95 Å². The van der Waals surface area contributed by atoms with Crippen molar-refractivity contribution in [3.05, 3.63) is 22.1 Å². The molecule has 0 amide bonds. The van der Waals surface area contributed by atoms with Crippen LogP contribution in [0.1, 0.15) is 30.9 Å². The van der Waals surface area contributed by atoms with Crippen molar-refractivity contribution in [2.75, 3.05) is 5.73 Å². The van der Waals surface area contributed by atoms with Crippen molar-refractivity contribution in [1.82, 2.24) is 9.97 Å². The van der Waals surface area contributed by atoms with E-state index in [0.717, 1.165) is 18.5 Å². The first-order chi connectivity index (χ1) is 5.75. The molecule has 1 saturated carbocycles. The molecule has 4 nitrogen and oxygen atoms in total. The van der Waals surface area contributed by atoms with Crippen LogP contribution in [0, 0.1) is 0 Å². The summed E-state index contributed by atoms with van der Waals surface area (Å²) < 4.78 is 0. The van der Waals surface area contributed by atoms with E-state index in [-0.39, 0.29) is 11.5 Å². The molecule has 0 atom stereocenters. The van der Waals surface area contributed by atoms with Gasteiger partial charge in [0.2, 0.25) is 5.95 Å². The predicted octanol–water partition coefficient (Wildman–Crippen LogP) is 0.620. The third-order valence-electron chi connectivity index (χ3n) is 2.30. The summed E-state index contributed by atoms with van der Waals surface area (Å²) in [5.41, 5.74) is 6.11. The van der Waals surface area contributed by atoms with Crippen LogP contribution in [-0.2, 0) is 0 Å². The molecule has 0 aromatic carbocycles. The van der Waals surface area contributed by atoms with Gasteiger partial charge in [0.05, 0.1) is 5.69 Å². The zero-order valence-electron chi connectivity index (χ0n) is 6.71. The van der Waals surface area contributed by atoms with Crippen LogP contribution in [-0.4, -0.2) is 9.97 Å². The molecule has 64 valence electrons. The molecule has 1 aromatic heterocycles. The zero-order valence-corrected chi connectivity index (χ0v) is 6.71. The molecule has 0 unspecified atom stereocenters. The Bertz CT molecular complexity index is 340. The van der Waals surface area contributed by atoms with Gasteiger partial charge in [-0.2, -0.15) is 0 Å². The maximum Gasteiger partial charge on any atom is 0.252 e. The normalized spacial score (nSPS) is 17.3. The molecule has 1 heterocycles. The van der Waals surface area contributed by atoms with E-state index in [1.165, 1.54) is 6.42 Å². The number of nitrogens with two attached hydrogens (primary N) is 1. The number of aromatic nitrogens is 2. The van der Waals surface area contributed by atoms with Crippen molar-refractivity contribution in [2.45, 2.75) is 25.2 Å². The van der Waals surface area contributed by atoms with E-state index in [1.54, 1.807) is 6.07 Å². The summed E-state index contributed by atoms with van der Waals surface area (Å²) in [5, 5.41) is 0. The molecule has 4 heteroatoms. The predicted molar refractivity (Wildman–Crippen MR) is 45.9 cm³/mol. The van der Waals surface area contributed by atoms with E-state index in [1.807, 2.05) is 0 Å².